The second kappa shape index (κ2) is 4.33. The molecule has 1 unspecified atom stereocenters. The lowest BCUT2D eigenvalue weighted by Crippen LogP contribution is -2.42. The van der Waals surface area contributed by atoms with E-state index >= 15 is 0 Å². The molecular weight excluding hydrogens is 156 g/mol. The van der Waals surface area contributed by atoms with Crippen LogP contribution in [0.5, 0.6) is 0 Å². The van der Waals surface area contributed by atoms with Crippen molar-refractivity contribution in [1.29, 1.82) is 0 Å². The third kappa shape index (κ3) is 3.45. The van der Waals surface area contributed by atoms with Gasteiger partial charge in [-0.05, 0) is 6.92 Å². The molecule has 1 saturated heterocycles. The van der Waals surface area contributed by atoms with Gasteiger partial charge in [0.1, 0.15) is 0 Å². The Morgan fingerprint density at radius 1 is 1.73 bits per heavy atom. The fourth-order valence-electron chi connectivity index (χ4n) is 1.46. The van der Waals surface area contributed by atoms with Gasteiger partial charge >= 0.3 is 0 Å². The lowest BCUT2D eigenvalue weighted by Gasteiger charge is -2.31. The topological polar surface area (TPSA) is 29.3 Å². The van der Waals surface area contributed by atoms with Crippen LogP contribution < -0.4 is 5.73 Å². The number of hydrogen-bond donors (Lipinski definition) is 1. The summed E-state index contributed by atoms with van der Waals surface area (Å²) in [7, 11) is 0. The van der Waals surface area contributed by atoms with Crippen molar-refractivity contribution in [2.45, 2.75) is 25.1 Å². The van der Waals surface area contributed by atoms with E-state index in [4.69, 9.17) is 5.73 Å². The van der Waals surface area contributed by atoms with Crippen molar-refractivity contribution < 1.29 is 0 Å². The first kappa shape index (κ1) is 9.36. The highest BCUT2D eigenvalue weighted by Crippen LogP contribution is 2.17. The van der Waals surface area contributed by atoms with E-state index in [-0.39, 0.29) is 0 Å². The van der Waals surface area contributed by atoms with Crippen LogP contribution >= 0.6 is 11.8 Å². The maximum absolute atomic E-state index is 5.72. The van der Waals surface area contributed by atoms with Gasteiger partial charge in [-0.2, -0.15) is 11.8 Å². The summed E-state index contributed by atoms with van der Waals surface area (Å²) in [5.74, 6) is 1.27. The minimum atomic E-state index is 0.324. The average Bonchev–Trinajstić information content (AvgIpc) is 1.85. The highest BCUT2D eigenvalue weighted by atomic mass is 32.2. The number of thioether (sulfide) groups is 1. The van der Waals surface area contributed by atoms with Gasteiger partial charge in [-0.3, -0.25) is 4.90 Å². The van der Waals surface area contributed by atoms with Crippen molar-refractivity contribution >= 4 is 11.8 Å². The molecule has 0 aliphatic carbocycles. The molecule has 1 heterocycles. The van der Waals surface area contributed by atoms with Gasteiger partial charge in [-0.1, -0.05) is 6.92 Å². The van der Waals surface area contributed by atoms with Gasteiger partial charge in [-0.25, -0.2) is 0 Å². The molecule has 3 heteroatoms. The third-order valence-corrected chi connectivity index (χ3v) is 3.01. The number of rotatable bonds is 2. The van der Waals surface area contributed by atoms with Crippen LogP contribution in [-0.2, 0) is 0 Å². The van der Waals surface area contributed by atoms with E-state index < -0.39 is 0 Å². The Balaban J connectivity index is 2.23. The Morgan fingerprint density at radius 2 is 2.45 bits per heavy atom. The predicted molar refractivity (Wildman–Crippen MR) is 52.0 cm³/mol. The summed E-state index contributed by atoms with van der Waals surface area (Å²) in [6.45, 7) is 7.86. The van der Waals surface area contributed by atoms with Gasteiger partial charge in [0.15, 0.2) is 0 Å². The van der Waals surface area contributed by atoms with Crippen molar-refractivity contribution in [3.05, 3.63) is 0 Å². The van der Waals surface area contributed by atoms with E-state index in [1.807, 2.05) is 0 Å². The monoisotopic (exact) mass is 174 g/mol. The third-order valence-electron chi connectivity index (χ3n) is 1.87. The summed E-state index contributed by atoms with van der Waals surface area (Å²) in [6.07, 6.45) is 0. The molecule has 0 spiro atoms. The fourth-order valence-corrected chi connectivity index (χ4v) is 2.55. The SMILES string of the molecule is CC1CN(C[C@@H](C)N)CCS1. The van der Waals surface area contributed by atoms with E-state index in [9.17, 15) is 0 Å². The van der Waals surface area contributed by atoms with E-state index in [0.29, 0.717) is 6.04 Å². The van der Waals surface area contributed by atoms with Crippen LogP contribution in [-0.4, -0.2) is 41.6 Å². The largest absolute Gasteiger partial charge is 0.327 e. The second-order valence-electron chi connectivity index (χ2n) is 3.42. The molecule has 1 fully saturated rings. The van der Waals surface area contributed by atoms with Crippen LogP contribution in [0, 0.1) is 0 Å². The molecule has 0 aromatic heterocycles. The highest BCUT2D eigenvalue weighted by molar-refractivity contribution is 7.99. The van der Waals surface area contributed by atoms with Crippen LogP contribution in [0.15, 0.2) is 0 Å². The molecule has 1 aliphatic rings. The van der Waals surface area contributed by atoms with Gasteiger partial charge in [0.05, 0.1) is 0 Å². The van der Waals surface area contributed by atoms with Crippen molar-refractivity contribution in [2.24, 2.45) is 5.73 Å². The molecule has 0 amide bonds. The smallest absolute Gasteiger partial charge is 0.0147 e. The van der Waals surface area contributed by atoms with Crippen LogP contribution in [0.25, 0.3) is 0 Å². The zero-order chi connectivity index (χ0) is 8.27. The number of nitrogens with zero attached hydrogens (tertiary/aromatic N) is 1. The van der Waals surface area contributed by atoms with Gasteiger partial charge in [-0.15, -0.1) is 0 Å². The van der Waals surface area contributed by atoms with E-state index in [0.717, 1.165) is 11.8 Å². The maximum Gasteiger partial charge on any atom is 0.0147 e. The molecule has 0 radical (unpaired) electrons. The zero-order valence-electron chi connectivity index (χ0n) is 7.42. The van der Waals surface area contributed by atoms with Crippen molar-refractivity contribution in [2.75, 3.05) is 25.4 Å². The Kier molecular flexibility index (Phi) is 3.69. The summed E-state index contributed by atoms with van der Waals surface area (Å²) < 4.78 is 0. The molecule has 2 nitrogen and oxygen atoms in total. The molecule has 11 heavy (non-hydrogen) atoms. The predicted octanol–water partition coefficient (Wildman–Crippen LogP) is 0.771. The van der Waals surface area contributed by atoms with Gasteiger partial charge < -0.3 is 5.73 Å². The second-order valence-corrected chi connectivity index (χ2v) is 4.96. The zero-order valence-corrected chi connectivity index (χ0v) is 8.23. The lowest BCUT2D eigenvalue weighted by molar-refractivity contribution is 0.273. The molecular formula is C8H18N2S. The molecule has 2 N–H and O–H groups in total. The van der Waals surface area contributed by atoms with E-state index in [1.54, 1.807) is 0 Å². The Hall–Kier alpha value is 0.270. The van der Waals surface area contributed by atoms with Gasteiger partial charge in [0.2, 0.25) is 0 Å². The minimum absolute atomic E-state index is 0.324. The average molecular weight is 174 g/mol. The first-order chi connectivity index (χ1) is 5.18. The quantitative estimate of drug-likeness (QED) is 0.670. The maximum atomic E-state index is 5.72. The molecule has 0 bridgehead atoms. The Morgan fingerprint density at radius 3 is 3.00 bits per heavy atom. The molecule has 0 aromatic rings. The van der Waals surface area contributed by atoms with Crippen LogP contribution in [0.3, 0.4) is 0 Å². The molecule has 1 rings (SSSR count). The van der Waals surface area contributed by atoms with E-state index in [2.05, 4.69) is 30.5 Å². The van der Waals surface area contributed by atoms with Crippen LogP contribution in [0.2, 0.25) is 0 Å². The Bertz CT molecular complexity index is 115. The summed E-state index contributed by atoms with van der Waals surface area (Å²) in [6, 6.07) is 0.324. The van der Waals surface area contributed by atoms with E-state index in [1.165, 1.54) is 18.8 Å². The highest BCUT2D eigenvalue weighted by Gasteiger charge is 2.16. The number of nitrogens with two attached hydrogens (primary N) is 1. The molecule has 66 valence electrons. The number of hydrogen-bond acceptors (Lipinski definition) is 3. The minimum Gasteiger partial charge on any atom is -0.327 e. The first-order valence-corrected chi connectivity index (χ1v) is 5.33. The first-order valence-electron chi connectivity index (χ1n) is 4.28. The van der Waals surface area contributed by atoms with Gasteiger partial charge in [0.25, 0.3) is 0 Å². The summed E-state index contributed by atoms with van der Waals surface area (Å²) in [5, 5.41) is 0.794. The fraction of sp³-hybridized carbons (Fsp3) is 1.00. The molecule has 0 saturated carbocycles. The van der Waals surface area contributed by atoms with Crippen molar-refractivity contribution in [3.8, 4) is 0 Å². The normalized spacial score (nSPS) is 30.3. The van der Waals surface area contributed by atoms with Crippen molar-refractivity contribution in [1.82, 2.24) is 4.90 Å². The van der Waals surface area contributed by atoms with Crippen LogP contribution in [0.1, 0.15) is 13.8 Å². The lowest BCUT2D eigenvalue weighted by atomic mass is 10.3. The van der Waals surface area contributed by atoms with Crippen molar-refractivity contribution in [3.63, 3.8) is 0 Å². The van der Waals surface area contributed by atoms with Crippen LogP contribution in [0.4, 0.5) is 0 Å². The standard InChI is InChI=1S/C8H18N2S/c1-7(9)5-10-3-4-11-8(2)6-10/h7-8H,3-6,9H2,1-2H3/t7-,8?/m1/s1. The Labute approximate surface area is 73.5 Å². The molecule has 2 atom stereocenters. The molecule has 0 aromatic carbocycles. The van der Waals surface area contributed by atoms with Gasteiger partial charge in [0, 0.05) is 36.7 Å². The summed E-state index contributed by atoms with van der Waals surface area (Å²) >= 11 is 2.07. The summed E-state index contributed by atoms with van der Waals surface area (Å²) in [5.41, 5.74) is 5.72. The summed E-state index contributed by atoms with van der Waals surface area (Å²) in [4.78, 5) is 2.46. The molecule has 1 aliphatic heterocycles.